The molecule has 0 radical (unpaired) electrons. The first kappa shape index (κ1) is 15.7. The smallest absolute Gasteiger partial charge is 0.162 e. The van der Waals surface area contributed by atoms with Gasteiger partial charge in [0.1, 0.15) is 5.76 Å². The summed E-state index contributed by atoms with van der Waals surface area (Å²) in [6.45, 7) is 2.68. The van der Waals surface area contributed by atoms with Gasteiger partial charge in [-0.2, -0.15) is 0 Å². The molecule has 22 heavy (non-hydrogen) atoms. The number of hydrogen-bond acceptors (Lipinski definition) is 6. The van der Waals surface area contributed by atoms with Crippen LogP contribution >= 0.6 is 11.3 Å². The first-order valence-electron chi connectivity index (χ1n) is 7.73. The second-order valence-corrected chi connectivity index (χ2v) is 7.02. The van der Waals surface area contributed by atoms with Gasteiger partial charge in [0, 0.05) is 23.7 Å². The van der Waals surface area contributed by atoms with Crippen molar-refractivity contribution in [3.05, 3.63) is 29.0 Å². The molecule has 3 atom stereocenters. The Hall–Kier alpha value is -1.21. The summed E-state index contributed by atoms with van der Waals surface area (Å²) >= 11 is 1.63. The van der Waals surface area contributed by atoms with Crippen LogP contribution in [0.4, 0.5) is 0 Å². The van der Waals surface area contributed by atoms with E-state index in [2.05, 4.69) is 10.3 Å². The Bertz CT molecular complexity index is 598. The Balaban J connectivity index is 1.55. The zero-order valence-corrected chi connectivity index (χ0v) is 13.5. The summed E-state index contributed by atoms with van der Waals surface area (Å²) in [6.07, 6.45) is 3.80. The molecular formula is C16H22N2O3S. The quantitative estimate of drug-likeness (QED) is 0.754. The summed E-state index contributed by atoms with van der Waals surface area (Å²) in [5.74, 6) is 1.70. The van der Waals surface area contributed by atoms with Crippen LogP contribution in [0.1, 0.15) is 36.3 Å². The minimum atomic E-state index is -0.580. The molecule has 5 nitrogen and oxygen atoms in total. The van der Waals surface area contributed by atoms with Crippen LogP contribution in [0.3, 0.4) is 0 Å². The zero-order chi connectivity index (χ0) is 15.5. The molecule has 120 valence electrons. The number of aliphatic hydroxyl groups is 2. The molecule has 0 bridgehead atoms. The SMILES string of the molecule is Cc1ccc(-c2ncc(CNC3CC[C@@H](O)[C@@H](O)CC3)s2)o1. The lowest BCUT2D eigenvalue weighted by Gasteiger charge is -2.15. The van der Waals surface area contributed by atoms with Crippen molar-refractivity contribution in [2.24, 2.45) is 0 Å². The van der Waals surface area contributed by atoms with Crippen molar-refractivity contribution in [2.75, 3.05) is 0 Å². The summed E-state index contributed by atoms with van der Waals surface area (Å²) < 4.78 is 5.59. The molecule has 0 amide bonds. The van der Waals surface area contributed by atoms with Crippen LogP contribution in [0.2, 0.25) is 0 Å². The number of hydrogen-bond donors (Lipinski definition) is 3. The van der Waals surface area contributed by atoms with Crippen molar-refractivity contribution in [1.82, 2.24) is 10.3 Å². The minimum Gasteiger partial charge on any atom is -0.459 e. The van der Waals surface area contributed by atoms with Gasteiger partial charge in [-0.25, -0.2) is 4.98 Å². The second kappa shape index (κ2) is 6.91. The summed E-state index contributed by atoms with van der Waals surface area (Å²) in [7, 11) is 0. The van der Waals surface area contributed by atoms with Crippen molar-refractivity contribution in [3.8, 4) is 10.8 Å². The van der Waals surface area contributed by atoms with E-state index in [-0.39, 0.29) is 0 Å². The van der Waals surface area contributed by atoms with Gasteiger partial charge in [0.25, 0.3) is 0 Å². The van der Waals surface area contributed by atoms with Crippen LogP contribution in [-0.2, 0) is 6.54 Å². The third-order valence-electron chi connectivity index (χ3n) is 4.14. The molecule has 1 aliphatic rings. The van der Waals surface area contributed by atoms with Gasteiger partial charge in [-0.1, -0.05) is 0 Å². The van der Waals surface area contributed by atoms with E-state index in [9.17, 15) is 10.2 Å². The number of aryl methyl sites for hydroxylation is 1. The average Bonchev–Trinajstić information content (AvgIpc) is 3.11. The molecule has 2 aromatic rings. The Morgan fingerprint density at radius 2 is 1.95 bits per heavy atom. The molecule has 2 heterocycles. The molecule has 0 aromatic carbocycles. The Labute approximate surface area is 134 Å². The maximum Gasteiger partial charge on any atom is 0.162 e. The van der Waals surface area contributed by atoms with Gasteiger partial charge in [0.15, 0.2) is 10.8 Å². The van der Waals surface area contributed by atoms with Crippen molar-refractivity contribution >= 4 is 11.3 Å². The van der Waals surface area contributed by atoms with Gasteiger partial charge in [-0.15, -0.1) is 11.3 Å². The molecule has 1 saturated carbocycles. The molecule has 0 aliphatic heterocycles. The van der Waals surface area contributed by atoms with Crippen LogP contribution in [0.5, 0.6) is 0 Å². The van der Waals surface area contributed by atoms with E-state index in [4.69, 9.17) is 4.42 Å². The largest absolute Gasteiger partial charge is 0.459 e. The van der Waals surface area contributed by atoms with Crippen molar-refractivity contribution in [2.45, 2.75) is 57.4 Å². The standard InChI is InChI=1S/C16H22N2O3S/c1-10-2-7-15(21-10)16-18-9-12(22-16)8-17-11-3-5-13(19)14(20)6-4-11/h2,7,9,11,13-14,17,19-20H,3-6,8H2,1H3/t11?,13-,14+. The monoisotopic (exact) mass is 322 g/mol. The first-order chi connectivity index (χ1) is 10.6. The van der Waals surface area contributed by atoms with Crippen molar-refractivity contribution < 1.29 is 14.6 Å². The summed E-state index contributed by atoms with van der Waals surface area (Å²) in [4.78, 5) is 5.57. The Morgan fingerprint density at radius 1 is 1.23 bits per heavy atom. The second-order valence-electron chi connectivity index (χ2n) is 5.91. The summed E-state index contributed by atoms with van der Waals surface area (Å²) in [5.41, 5.74) is 0. The van der Waals surface area contributed by atoms with Crippen molar-refractivity contribution in [1.29, 1.82) is 0 Å². The van der Waals surface area contributed by atoms with E-state index in [1.54, 1.807) is 11.3 Å². The van der Waals surface area contributed by atoms with E-state index >= 15 is 0 Å². The highest BCUT2D eigenvalue weighted by molar-refractivity contribution is 7.14. The maximum absolute atomic E-state index is 9.70. The van der Waals surface area contributed by atoms with E-state index in [0.717, 1.165) is 40.8 Å². The minimum absolute atomic E-state index is 0.336. The number of rotatable bonds is 4. The topological polar surface area (TPSA) is 78.5 Å². The van der Waals surface area contributed by atoms with Crippen molar-refractivity contribution in [3.63, 3.8) is 0 Å². The predicted molar refractivity (Wildman–Crippen MR) is 85.7 cm³/mol. The van der Waals surface area contributed by atoms with Crippen LogP contribution in [0.15, 0.2) is 22.7 Å². The normalized spacial score (nSPS) is 26.0. The van der Waals surface area contributed by atoms with E-state index < -0.39 is 12.2 Å². The fourth-order valence-electron chi connectivity index (χ4n) is 2.77. The lowest BCUT2D eigenvalue weighted by Crippen LogP contribution is -2.27. The fraction of sp³-hybridized carbons (Fsp3) is 0.562. The Morgan fingerprint density at radius 3 is 2.59 bits per heavy atom. The van der Waals surface area contributed by atoms with E-state index in [1.165, 1.54) is 0 Å². The number of aromatic nitrogens is 1. The highest BCUT2D eigenvalue weighted by Crippen LogP contribution is 2.27. The fourth-order valence-corrected chi connectivity index (χ4v) is 3.60. The van der Waals surface area contributed by atoms with Gasteiger partial charge in [0.05, 0.1) is 12.2 Å². The zero-order valence-electron chi connectivity index (χ0n) is 12.7. The maximum atomic E-state index is 9.70. The molecule has 2 aromatic heterocycles. The predicted octanol–water partition coefficient (Wildman–Crippen LogP) is 2.47. The molecular weight excluding hydrogens is 300 g/mol. The number of aliphatic hydroxyl groups excluding tert-OH is 2. The molecule has 3 N–H and O–H groups in total. The van der Waals surface area contributed by atoms with Crippen LogP contribution in [-0.4, -0.2) is 33.4 Å². The third kappa shape index (κ3) is 3.76. The molecule has 6 heteroatoms. The highest BCUT2D eigenvalue weighted by Gasteiger charge is 2.23. The molecule has 1 aliphatic carbocycles. The van der Waals surface area contributed by atoms with Crippen LogP contribution < -0.4 is 5.32 Å². The lowest BCUT2D eigenvalue weighted by molar-refractivity contribution is 0.0157. The van der Waals surface area contributed by atoms with E-state index in [1.807, 2.05) is 25.3 Å². The van der Waals surface area contributed by atoms with Crippen LogP contribution in [0.25, 0.3) is 10.8 Å². The number of furan rings is 1. The lowest BCUT2D eigenvalue weighted by atomic mass is 10.1. The van der Waals surface area contributed by atoms with Gasteiger partial charge in [0.2, 0.25) is 0 Å². The molecule has 3 rings (SSSR count). The van der Waals surface area contributed by atoms with Crippen LogP contribution in [0, 0.1) is 6.92 Å². The highest BCUT2D eigenvalue weighted by atomic mass is 32.1. The molecule has 1 unspecified atom stereocenters. The van der Waals surface area contributed by atoms with Gasteiger partial charge < -0.3 is 19.9 Å². The Kier molecular flexibility index (Phi) is 4.93. The number of nitrogens with one attached hydrogen (secondary N) is 1. The number of thiazole rings is 1. The third-order valence-corrected chi connectivity index (χ3v) is 5.15. The summed E-state index contributed by atoms with van der Waals surface area (Å²) in [5, 5.41) is 23.8. The average molecular weight is 322 g/mol. The molecule has 0 spiro atoms. The van der Waals surface area contributed by atoms with Gasteiger partial charge >= 0.3 is 0 Å². The van der Waals surface area contributed by atoms with E-state index in [0.29, 0.717) is 18.9 Å². The van der Waals surface area contributed by atoms with Gasteiger partial charge in [-0.3, -0.25) is 0 Å². The molecule has 0 saturated heterocycles. The van der Waals surface area contributed by atoms with Gasteiger partial charge in [-0.05, 0) is 44.7 Å². The first-order valence-corrected chi connectivity index (χ1v) is 8.54. The number of nitrogens with zero attached hydrogens (tertiary/aromatic N) is 1. The molecule has 1 fully saturated rings. The summed E-state index contributed by atoms with van der Waals surface area (Å²) in [6, 6.07) is 4.22.